The van der Waals surface area contributed by atoms with Crippen molar-refractivity contribution in [1.29, 1.82) is 0 Å². The van der Waals surface area contributed by atoms with Gasteiger partial charge in [-0.2, -0.15) is 0 Å². The normalized spacial score (nSPS) is 10.6. The Balaban J connectivity index is 2.13. The third kappa shape index (κ3) is 3.04. The number of furan rings is 1. The molecule has 0 bridgehead atoms. The topological polar surface area (TPSA) is 51.0 Å². The standard InChI is InChI=1S/C13H17N3OS/c1-3-11-12(14-4-2)15-9-16-13(11)18-8-10-6-5-7-17-10/h5-7,9H,3-4,8H2,1-2H3,(H,14,15,16). The minimum atomic E-state index is 0.794. The number of aromatic nitrogens is 2. The second-order valence-corrected chi connectivity index (χ2v) is 4.72. The van der Waals surface area contributed by atoms with E-state index in [2.05, 4.69) is 29.1 Å². The van der Waals surface area contributed by atoms with E-state index in [4.69, 9.17) is 4.42 Å². The van der Waals surface area contributed by atoms with Crippen LogP contribution in [0.3, 0.4) is 0 Å². The molecule has 0 aliphatic rings. The largest absolute Gasteiger partial charge is 0.468 e. The number of anilines is 1. The van der Waals surface area contributed by atoms with Crippen molar-refractivity contribution in [2.45, 2.75) is 31.0 Å². The van der Waals surface area contributed by atoms with E-state index < -0.39 is 0 Å². The smallest absolute Gasteiger partial charge is 0.133 e. The van der Waals surface area contributed by atoms with E-state index in [9.17, 15) is 0 Å². The zero-order chi connectivity index (χ0) is 12.8. The summed E-state index contributed by atoms with van der Waals surface area (Å²) in [7, 11) is 0. The maximum atomic E-state index is 5.33. The average Bonchev–Trinajstić information content (AvgIpc) is 2.90. The highest BCUT2D eigenvalue weighted by Gasteiger charge is 2.10. The van der Waals surface area contributed by atoms with Crippen LogP contribution in [0.5, 0.6) is 0 Å². The molecule has 2 rings (SSSR count). The molecule has 18 heavy (non-hydrogen) atoms. The summed E-state index contributed by atoms with van der Waals surface area (Å²) in [6.07, 6.45) is 4.23. The van der Waals surface area contributed by atoms with Crippen molar-refractivity contribution in [2.75, 3.05) is 11.9 Å². The molecule has 0 saturated heterocycles. The summed E-state index contributed by atoms with van der Waals surface area (Å²) < 4.78 is 5.33. The van der Waals surface area contributed by atoms with Gasteiger partial charge in [-0.3, -0.25) is 0 Å². The van der Waals surface area contributed by atoms with Gasteiger partial charge in [-0.05, 0) is 25.5 Å². The van der Waals surface area contributed by atoms with Crippen LogP contribution in [0.2, 0.25) is 0 Å². The van der Waals surface area contributed by atoms with Crippen molar-refractivity contribution in [3.63, 3.8) is 0 Å². The van der Waals surface area contributed by atoms with Crippen LogP contribution in [-0.4, -0.2) is 16.5 Å². The first-order chi connectivity index (χ1) is 8.85. The van der Waals surface area contributed by atoms with Gasteiger partial charge in [-0.15, -0.1) is 0 Å². The summed E-state index contributed by atoms with van der Waals surface area (Å²) >= 11 is 1.68. The van der Waals surface area contributed by atoms with Crippen molar-refractivity contribution in [3.8, 4) is 0 Å². The van der Waals surface area contributed by atoms with Crippen molar-refractivity contribution >= 4 is 17.6 Å². The first-order valence-corrected chi connectivity index (χ1v) is 7.06. The van der Waals surface area contributed by atoms with Gasteiger partial charge in [0, 0.05) is 12.1 Å². The molecule has 5 heteroatoms. The Hall–Kier alpha value is -1.49. The monoisotopic (exact) mass is 263 g/mol. The zero-order valence-electron chi connectivity index (χ0n) is 10.6. The van der Waals surface area contributed by atoms with Crippen LogP contribution in [0.4, 0.5) is 5.82 Å². The molecule has 0 amide bonds. The third-order valence-corrected chi connectivity index (χ3v) is 3.59. The highest BCUT2D eigenvalue weighted by Crippen LogP contribution is 2.28. The lowest BCUT2D eigenvalue weighted by Gasteiger charge is -2.11. The fourth-order valence-electron chi connectivity index (χ4n) is 1.69. The van der Waals surface area contributed by atoms with Crippen LogP contribution >= 0.6 is 11.8 Å². The fourth-order valence-corrected chi connectivity index (χ4v) is 2.67. The van der Waals surface area contributed by atoms with Crippen LogP contribution < -0.4 is 5.32 Å². The predicted molar refractivity (Wildman–Crippen MR) is 73.8 cm³/mol. The first-order valence-electron chi connectivity index (χ1n) is 6.08. The Bertz CT molecular complexity index is 485. The van der Waals surface area contributed by atoms with E-state index in [0.29, 0.717) is 0 Å². The molecular formula is C13H17N3OS. The molecule has 2 heterocycles. The molecule has 0 aromatic carbocycles. The second kappa shape index (κ2) is 6.44. The van der Waals surface area contributed by atoms with Crippen LogP contribution in [0, 0.1) is 0 Å². The molecule has 0 radical (unpaired) electrons. The summed E-state index contributed by atoms with van der Waals surface area (Å²) in [4.78, 5) is 8.65. The minimum Gasteiger partial charge on any atom is -0.468 e. The predicted octanol–water partition coefficient (Wildman–Crippen LogP) is 3.36. The van der Waals surface area contributed by atoms with Crippen molar-refractivity contribution in [2.24, 2.45) is 0 Å². The average molecular weight is 263 g/mol. The third-order valence-electron chi connectivity index (χ3n) is 2.53. The van der Waals surface area contributed by atoms with Crippen molar-refractivity contribution in [3.05, 3.63) is 36.0 Å². The van der Waals surface area contributed by atoms with Crippen LogP contribution in [-0.2, 0) is 12.2 Å². The van der Waals surface area contributed by atoms with E-state index in [-0.39, 0.29) is 0 Å². The fraction of sp³-hybridized carbons (Fsp3) is 0.385. The lowest BCUT2D eigenvalue weighted by atomic mass is 10.2. The van der Waals surface area contributed by atoms with Gasteiger partial charge in [0.15, 0.2) is 0 Å². The molecule has 0 aliphatic carbocycles. The summed E-state index contributed by atoms with van der Waals surface area (Å²) in [5.74, 6) is 2.70. The molecule has 2 aromatic rings. The Morgan fingerprint density at radius 3 is 2.89 bits per heavy atom. The highest BCUT2D eigenvalue weighted by molar-refractivity contribution is 7.98. The van der Waals surface area contributed by atoms with E-state index in [1.807, 2.05) is 12.1 Å². The maximum Gasteiger partial charge on any atom is 0.133 e. The second-order valence-electron chi connectivity index (χ2n) is 3.76. The molecule has 0 unspecified atom stereocenters. The van der Waals surface area contributed by atoms with Crippen LogP contribution in [0.1, 0.15) is 25.2 Å². The molecule has 1 N–H and O–H groups in total. The lowest BCUT2D eigenvalue weighted by molar-refractivity contribution is 0.530. The van der Waals surface area contributed by atoms with Gasteiger partial charge < -0.3 is 9.73 Å². The van der Waals surface area contributed by atoms with Crippen LogP contribution in [0.15, 0.2) is 34.2 Å². The number of nitrogens with zero attached hydrogens (tertiary/aromatic N) is 2. The highest BCUT2D eigenvalue weighted by atomic mass is 32.2. The number of thioether (sulfide) groups is 1. The molecule has 0 fully saturated rings. The van der Waals surface area contributed by atoms with Gasteiger partial charge in [-0.25, -0.2) is 9.97 Å². The Morgan fingerprint density at radius 2 is 2.22 bits per heavy atom. The summed E-state index contributed by atoms with van der Waals surface area (Å²) in [5, 5.41) is 4.30. The van der Waals surface area contributed by atoms with E-state index in [0.717, 1.165) is 35.3 Å². The molecule has 0 aliphatic heterocycles. The quantitative estimate of drug-likeness (QED) is 0.639. The van der Waals surface area contributed by atoms with Gasteiger partial charge in [0.1, 0.15) is 22.9 Å². The van der Waals surface area contributed by atoms with Gasteiger partial charge in [0.25, 0.3) is 0 Å². The number of nitrogens with one attached hydrogen (secondary N) is 1. The Morgan fingerprint density at radius 1 is 1.33 bits per heavy atom. The van der Waals surface area contributed by atoms with Crippen molar-refractivity contribution < 1.29 is 4.42 Å². The number of hydrogen-bond donors (Lipinski definition) is 1. The SMILES string of the molecule is CCNc1ncnc(SCc2ccco2)c1CC. The summed E-state index contributed by atoms with van der Waals surface area (Å²) in [6.45, 7) is 5.06. The first kappa shape index (κ1) is 13.0. The maximum absolute atomic E-state index is 5.33. The molecule has 0 saturated carbocycles. The molecule has 0 atom stereocenters. The summed E-state index contributed by atoms with van der Waals surface area (Å²) in [5.41, 5.74) is 1.18. The van der Waals surface area contributed by atoms with Gasteiger partial charge in [0.2, 0.25) is 0 Å². The number of hydrogen-bond acceptors (Lipinski definition) is 5. The number of rotatable bonds is 6. The minimum absolute atomic E-state index is 0.794. The van der Waals surface area contributed by atoms with E-state index in [1.165, 1.54) is 5.56 Å². The summed E-state index contributed by atoms with van der Waals surface area (Å²) in [6, 6.07) is 3.88. The molecular weight excluding hydrogens is 246 g/mol. The zero-order valence-corrected chi connectivity index (χ0v) is 11.5. The van der Waals surface area contributed by atoms with Gasteiger partial charge in [0.05, 0.1) is 12.0 Å². The lowest BCUT2D eigenvalue weighted by Crippen LogP contribution is -2.05. The molecule has 0 spiro atoms. The molecule has 4 nitrogen and oxygen atoms in total. The van der Waals surface area contributed by atoms with E-state index in [1.54, 1.807) is 24.4 Å². The van der Waals surface area contributed by atoms with Crippen LogP contribution in [0.25, 0.3) is 0 Å². The molecule has 2 aromatic heterocycles. The molecule has 96 valence electrons. The Kier molecular flexibility index (Phi) is 4.64. The van der Waals surface area contributed by atoms with E-state index >= 15 is 0 Å². The van der Waals surface area contributed by atoms with Crippen molar-refractivity contribution in [1.82, 2.24) is 9.97 Å². The Labute approximate surface area is 111 Å². The van der Waals surface area contributed by atoms with Gasteiger partial charge >= 0.3 is 0 Å². The van der Waals surface area contributed by atoms with Gasteiger partial charge in [-0.1, -0.05) is 18.7 Å².